The van der Waals surface area contributed by atoms with E-state index in [-0.39, 0.29) is 18.4 Å². The quantitative estimate of drug-likeness (QED) is 0.384. The number of hydrogen-bond donors (Lipinski definition) is 3. The molecule has 158 valence electrons. The third kappa shape index (κ3) is 5.40. The monoisotopic (exact) mass is 411 g/mol. The highest BCUT2D eigenvalue weighted by Gasteiger charge is 2.07. The Morgan fingerprint density at radius 2 is 1.93 bits per heavy atom. The van der Waals surface area contributed by atoms with Gasteiger partial charge in [0.2, 0.25) is 0 Å². The van der Waals surface area contributed by atoms with Gasteiger partial charge in [-0.25, -0.2) is 4.79 Å². The number of aromatic nitrogens is 1. The summed E-state index contributed by atoms with van der Waals surface area (Å²) in [5.74, 6) is -0.181. The molecule has 30 heavy (non-hydrogen) atoms. The summed E-state index contributed by atoms with van der Waals surface area (Å²) in [6.45, 7) is 5.04. The second kappa shape index (κ2) is 9.96. The van der Waals surface area contributed by atoms with Crippen molar-refractivity contribution in [3.05, 3.63) is 66.1 Å². The maximum atomic E-state index is 10.5. The van der Waals surface area contributed by atoms with Gasteiger partial charge in [0.15, 0.2) is 0 Å². The highest BCUT2D eigenvalue weighted by molar-refractivity contribution is 5.93. The molecule has 7 nitrogen and oxygen atoms in total. The average Bonchev–Trinajstić information content (AvgIpc) is 3.35. The number of H-pyrrole nitrogens is 1. The minimum Gasteiger partial charge on any atom is -0.491 e. The van der Waals surface area contributed by atoms with Crippen LogP contribution in [0.2, 0.25) is 0 Å². The second-order valence-corrected chi connectivity index (χ2v) is 6.92. The van der Waals surface area contributed by atoms with E-state index in [0.717, 1.165) is 33.2 Å². The first-order valence-corrected chi connectivity index (χ1v) is 9.64. The zero-order valence-electron chi connectivity index (χ0n) is 16.9. The van der Waals surface area contributed by atoms with Crippen molar-refractivity contribution in [2.75, 3.05) is 13.2 Å². The summed E-state index contributed by atoms with van der Waals surface area (Å²) in [6.07, 6.45) is 1.78. The lowest BCUT2D eigenvalue weighted by Crippen LogP contribution is -2.11. The number of aromatic amines is 1. The second-order valence-electron chi connectivity index (χ2n) is 6.92. The van der Waals surface area contributed by atoms with Crippen molar-refractivity contribution in [1.82, 2.24) is 4.98 Å². The van der Waals surface area contributed by atoms with Gasteiger partial charge in [0.25, 0.3) is 0 Å². The molecule has 0 radical (unpaired) electrons. The highest BCUT2D eigenvalue weighted by Crippen LogP contribution is 2.25. The maximum Gasteiger partial charge on any atom is 0.352 e. The molecular weight excluding hydrogens is 386 g/mol. The number of benzene rings is 2. The summed E-state index contributed by atoms with van der Waals surface area (Å²) < 4.78 is 16.3. The number of furan rings is 1. The van der Waals surface area contributed by atoms with E-state index in [0.29, 0.717) is 13.2 Å². The van der Waals surface area contributed by atoms with Gasteiger partial charge in [-0.05, 0) is 38.1 Å². The Labute approximate surface area is 173 Å². The molecule has 3 N–H and O–H groups in total. The molecule has 0 saturated heterocycles. The molecule has 2 aromatic carbocycles. The summed E-state index contributed by atoms with van der Waals surface area (Å²) >= 11 is 0. The van der Waals surface area contributed by atoms with Crippen LogP contribution in [0.3, 0.4) is 0 Å². The van der Waals surface area contributed by atoms with Crippen LogP contribution in [0, 0.1) is 0 Å². The van der Waals surface area contributed by atoms with Gasteiger partial charge in [-0.3, -0.25) is 0 Å². The van der Waals surface area contributed by atoms with E-state index < -0.39 is 5.97 Å². The average molecular weight is 411 g/mol. The Hall–Kier alpha value is -3.29. The lowest BCUT2D eigenvalue weighted by atomic mass is 10.2. The topological polar surface area (TPSA) is 105 Å². The van der Waals surface area contributed by atoms with Crippen LogP contribution in [0.4, 0.5) is 0 Å². The van der Waals surface area contributed by atoms with Crippen molar-refractivity contribution in [3.8, 4) is 5.75 Å². The van der Waals surface area contributed by atoms with Gasteiger partial charge in [-0.15, -0.1) is 0 Å². The number of aliphatic hydroxyl groups is 1. The minimum atomic E-state index is -0.925. The molecule has 4 aromatic rings. The molecule has 2 aromatic heterocycles. The van der Waals surface area contributed by atoms with Gasteiger partial charge in [-0.2, -0.15) is 0 Å². The summed E-state index contributed by atoms with van der Waals surface area (Å²) in [5, 5.41) is 19.6. The van der Waals surface area contributed by atoms with Crippen molar-refractivity contribution in [2.45, 2.75) is 26.6 Å². The summed E-state index contributed by atoms with van der Waals surface area (Å²) in [6, 6.07) is 14.7. The Bertz CT molecular complexity index is 1080. The van der Waals surface area contributed by atoms with Gasteiger partial charge in [0.05, 0.1) is 25.6 Å². The molecule has 0 amide bonds. The van der Waals surface area contributed by atoms with Gasteiger partial charge >= 0.3 is 5.97 Å². The highest BCUT2D eigenvalue weighted by atomic mass is 16.5. The van der Waals surface area contributed by atoms with E-state index in [1.807, 2.05) is 56.3 Å². The molecule has 0 aliphatic heterocycles. The normalized spacial score (nSPS) is 10.9. The Balaban J connectivity index is 0.000000184. The Morgan fingerprint density at radius 1 is 1.13 bits per heavy atom. The zero-order chi connectivity index (χ0) is 21.5. The number of aliphatic hydroxyl groups excluding tert-OH is 1. The third-order valence-corrected chi connectivity index (χ3v) is 4.36. The van der Waals surface area contributed by atoms with Gasteiger partial charge in [-0.1, -0.05) is 18.2 Å². The van der Waals surface area contributed by atoms with E-state index in [4.69, 9.17) is 24.1 Å². The lowest BCUT2D eigenvalue weighted by Gasteiger charge is -2.09. The first-order chi connectivity index (χ1) is 14.5. The SMILES string of the molecule is CC(C)OCCOc1ccc2c(CO)coc2c1.O=C(O)c1cc2ccccc2[nH]1. The van der Waals surface area contributed by atoms with Crippen LogP contribution < -0.4 is 4.74 Å². The van der Waals surface area contributed by atoms with Gasteiger partial charge in [0, 0.05) is 27.9 Å². The van der Waals surface area contributed by atoms with Crippen molar-refractivity contribution in [3.63, 3.8) is 0 Å². The van der Waals surface area contributed by atoms with Gasteiger partial charge < -0.3 is 29.1 Å². The molecule has 0 bridgehead atoms. The molecule has 4 rings (SSSR count). The minimum absolute atomic E-state index is 0.0184. The van der Waals surface area contributed by atoms with Crippen LogP contribution in [0.5, 0.6) is 5.75 Å². The number of hydrogen-bond acceptors (Lipinski definition) is 5. The number of carbonyl (C=O) groups is 1. The maximum absolute atomic E-state index is 10.5. The van der Waals surface area contributed by atoms with E-state index in [2.05, 4.69) is 4.98 Å². The molecule has 7 heteroatoms. The zero-order valence-corrected chi connectivity index (χ0v) is 16.9. The van der Waals surface area contributed by atoms with Crippen molar-refractivity contribution in [2.24, 2.45) is 0 Å². The molecule has 0 saturated carbocycles. The molecule has 0 aliphatic carbocycles. The van der Waals surface area contributed by atoms with E-state index in [1.165, 1.54) is 0 Å². The molecule has 0 aliphatic rings. The largest absolute Gasteiger partial charge is 0.491 e. The Morgan fingerprint density at radius 3 is 2.63 bits per heavy atom. The fourth-order valence-electron chi connectivity index (χ4n) is 2.91. The first-order valence-electron chi connectivity index (χ1n) is 9.64. The van der Waals surface area contributed by atoms with Crippen molar-refractivity contribution < 1.29 is 28.9 Å². The van der Waals surface area contributed by atoms with Crippen LogP contribution in [-0.2, 0) is 11.3 Å². The number of aromatic carboxylic acids is 1. The molecule has 0 spiro atoms. The predicted molar refractivity (Wildman–Crippen MR) is 114 cm³/mol. The smallest absolute Gasteiger partial charge is 0.352 e. The van der Waals surface area contributed by atoms with Crippen molar-refractivity contribution >= 4 is 27.8 Å². The van der Waals surface area contributed by atoms with E-state index in [1.54, 1.807) is 12.3 Å². The molecular formula is C23H25NO6. The Kier molecular flexibility index (Phi) is 7.11. The summed E-state index contributed by atoms with van der Waals surface area (Å²) in [5.41, 5.74) is 2.60. The summed E-state index contributed by atoms with van der Waals surface area (Å²) in [4.78, 5) is 13.3. The fourth-order valence-corrected chi connectivity index (χ4v) is 2.91. The van der Waals surface area contributed by atoms with Gasteiger partial charge in [0.1, 0.15) is 23.6 Å². The molecule has 0 fully saturated rings. The van der Waals surface area contributed by atoms with Crippen molar-refractivity contribution in [1.29, 1.82) is 0 Å². The number of rotatable bonds is 7. The molecule has 0 unspecified atom stereocenters. The third-order valence-electron chi connectivity index (χ3n) is 4.36. The molecule has 2 heterocycles. The number of ether oxygens (including phenoxy) is 2. The number of nitrogens with one attached hydrogen (secondary N) is 1. The number of carboxylic acid groups (broad SMARTS) is 1. The lowest BCUT2D eigenvalue weighted by molar-refractivity contribution is 0.0553. The molecule has 0 atom stereocenters. The van der Waals surface area contributed by atoms with Crippen LogP contribution >= 0.6 is 0 Å². The summed E-state index contributed by atoms with van der Waals surface area (Å²) in [7, 11) is 0. The van der Waals surface area contributed by atoms with E-state index in [9.17, 15) is 4.79 Å². The van der Waals surface area contributed by atoms with Crippen LogP contribution in [0.1, 0.15) is 29.9 Å². The number of para-hydroxylation sites is 1. The van der Waals surface area contributed by atoms with Crippen LogP contribution in [0.15, 0.2) is 59.2 Å². The van der Waals surface area contributed by atoms with Crippen LogP contribution in [-0.4, -0.2) is 40.5 Å². The number of fused-ring (bicyclic) bond motifs is 2. The first kappa shape index (κ1) is 21.4. The number of carboxylic acids is 1. The van der Waals surface area contributed by atoms with E-state index >= 15 is 0 Å². The fraction of sp³-hybridized carbons (Fsp3) is 0.261. The van der Waals surface area contributed by atoms with Crippen LogP contribution in [0.25, 0.3) is 21.9 Å². The predicted octanol–water partition coefficient (Wildman–Crippen LogP) is 4.60. The standard InChI is InChI=1S/C14H18O4.C9H7NO2/c1-10(2)16-5-6-17-12-3-4-13-11(8-15)9-18-14(13)7-12;11-9(12)8-5-6-3-1-2-4-7(6)10-8/h3-4,7,9-10,15H,5-6,8H2,1-2H3;1-5,10H,(H,11,12).